The third kappa shape index (κ3) is 5.77. The average molecular weight is 286 g/mol. The highest BCUT2D eigenvalue weighted by Crippen LogP contribution is 2.28. The number of carbonyl (C=O) groups excluding carboxylic acids is 1. The van der Waals surface area contributed by atoms with Crippen LogP contribution in [0.15, 0.2) is 0 Å². The molecule has 1 aliphatic rings. The maximum atomic E-state index is 11.8. The first-order valence-corrected chi connectivity index (χ1v) is 7.32. The lowest BCUT2D eigenvalue weighted by atomic mass is 9.82. The summed E-state index contributed by atoms with van der Waals surface area (Å²) in [6.07, 6.45) is 3.97. The number of ether oxygens (including phenoxy) is 1. The highest BCUT2D eigenvalue weighted by Gasteiger charge is 2.28. The van der Waals surface area contributed by atoms with Gasteiger partial charge in [0.1, 0.15) is 6.04 Å². The molecule has 2 amide bonds. The van der Waals surface area contributed by atoms with Crippen molar-refractivity contribution in [1.29, 1.82) is 0 Å². The fraction of sp³-hybridized carbons (Fsp3) is 0.857. The van der Waals surface area contributed by atoms with E-state index in [0.29, 0.717) is 26.2 Å². The lowest BCUT2D eigenvalue weighted by Gasteiger charge is -2.33. The molecule has 1 fully saturated rings. The van der Waals surface area contributed by atoms with Gasteiger partial charge in [-0.05, 0) is 24.7 Å². The van der Waals surface area contributed by atoms with Gasteiger partial charge < -0.3 is 20.5 Å². The van der Waals surface area contributed by atoms with Crippen molar-refractivity contribution in [1.82, 2.24) is 10.6 Å². The molecule has 0 saturated carbocycles. The lowest BCUT2D eigenvalue weighted by Crippen LogP contribution is -2.49. The molecule has 0 spiro atoms. The third-order valence-electron chi connectivity index (χ3n) is 3.83. The number of carboxylic acids is 1. The summed E-state index contributed by atoms with van der Waals surface area (Å²) in [5, 5.41) is 14.4. The number of hydrogen-bond acceptors (Lipinski definition) is 3. The number of hydrogen-bond donors (Lipinski definition) is 3. The van der Waals surface area contributed by atoms with Gasteiger partial charge in [-0.3, -0.25) is 0 Å². The smallest absolute Gasteiger partial charge is 0.326 e. The van der Waals surface area contributed by atoms with Gasteiger partial charge in [0.05, 0.1) is 0 Å². The van der Waals surface area contributed by atoms with Crippen molar-refractivity contribution >= 4 is 12.0 Å². The SMILES string of the molecule is CCCC[C@H](NC(=O)NCC1(C)CCOCC1)C(=O)O. The Bertz CT molecular complexity index is 327. The normalized spacial score (nSPS) is 19.1. The van der Waals surface area contributed by atoms with Gasteiger partial charge in [-0.2, -0.15) is 0 Å². The Morgan fingerprint density at radius 2 is 2.00 bits per heavy atom. The highest BCUT2D eigenvalue weighted by molar-refractivity contribution is 5.82. The van der Waals surface area contributed by atoms with Gasteiger partial charge in [-0.15, -0.1) is 0 Å². The molecule has 3 N–H and O–H groups in total. The molecule has 6 nitrogen and oxygen atoms in total. The molecule has 0 aromatic carbocycles. The molecule has 0 bridgehead atoms. The van der Waals surface area contributed by atoms with Crippen molar-refractivity contribution in [3.63, 3.8) is 0 Å². The zero-order valence-corrected chi connectivity index (χ0v) is 12.4. The largest absolute Gasteiger partial charge is 0.480 e. The summed E-state index contributed by atoms with van der Waals surface area (Å²) in [5.74, 6) is -0.981. The van der Waals surface area contributed by atoms with E-state index < -0.39 is 18.0 Å². The number of nitrogens with one attached hydrogen (secondary N) is 2. The molecule has 0 aromatic heterocycles. The van der Waals surface area contributed by atoms with Crippen LogP contribution in [0.25, 0.3) is 0 Å². The number of rotatable bonds is 7. The molecule has 0 unspecified atom stereocenters. The van der Waals surface area contributed by atoms with Crippen LogP contribution in [0.3, 0.4) is 0 Å². The van der Waals surface area contributed by atoms with Crippen LogP contribution in [0.1, 0.15) is 46.0 Å². The van der Waals surface area contributed by atoms with Gasteiger partial charge in [0.15, 0.2) is 0 Å². The topological polar surface area (TPSA) is 87.7 Å². The Balaban J connectivity index is 2.35. The first kappa shape index (κ1) is 16.8. The summed E-state index contributed by atoms with van der Waals surface area (Å²) < 4.78 is 5.31. The molecule has 116 valence electrons. The second-order valence-corrected chi connectivity index (χ2v) is 5.78. The van der Waals surface area contributed by atoms with Crippen molar-refractivity contribution < 1.29 is 19.4 Å². The number of urea groups is 1. The maximum Gasteiger partial charge on any atom is 0.326 e. The van der Waals surface area contributed by atoms with Crippen LogP contribution < -0.4 is 10.6 Å². The third-order valence-corrected chi connectivity index (χ3v) is 3.83. The Kier molecular flexibility index (Phi) is 6.78. The number of amides is 2. The van der Waals surface area contributed by atoms with Crippen molar-refractivity contribution in [2.24, 2.45) is 5.41 Å². The molecular formula is C14H26N2O4. The molecule has 1 aliphatic heterocycles. The number of carbonyl (C=O) groups is 2. The molecule has 1 saturated heterocycles. The van der Waals surface area contributed by atoms with Crippen LogP contribution >= 0.6 is 0 Å². The minimum Gasteiger partial charge on any atom is -0.480 e. The van der Waals surface area contributed by atoms with Gasteiger partial charge in [0.25, 0.3) is 0 Å². The van der Waals surface area contributed by atoms with Crippen LogP contribution in [-0.4, -0.2) is 42.9 Å². The molecule has 1 rings (SSSR count). The summed E-state index contributed by atoms with van der Waals surface area (Å²) >= 11 is 0. The summed E-state index contributed by atoms with van der Waals surface area (Å²) in [7, 11) is 0. The van der Waals surface area contributed by atoms with Gasteiger partial charge in [-0.1, -0.05) is 26.7 Å². The Morgan fingerprint density at radius 3 is 2.55 bits per heavy atom. The molecular weight excluding hydrogens is 260 g/mol. The van der Waals surface area contributed by atoms with E-state index in [9.17, 15) is 9.59 Å². The summed E-state index contributed by atoms with van der Waals surface area (Å²) in [6.45, 7) is 6.08. The molecule has 0 aliphatic carbocycles. The Hall–Kier alpha value is -1.30. The van der Waals surface area contributed by atoms with Crippen molar-refractivity contribution in [3.8, 4) is 0 Å². The first-order chi connectivity index (χ1) is 9.47. The Morgan fingerprint density at radius 1 is 1.35 bits per heavy atom. The lowest BCUT2D eigenvalue weighted by molar-refractivity contribution is -0.139. The number of aliphatic carboxylic acids is 1. The van der Waals surface area contributed by atoms with Gasteiger partial charge in [0.2, 0.25) is 0 Å². The Labute approximate surface area is 120 Å². The van der Waals surface area contributed by atoms with Crippen molar-refractivity contribution in [3.05, 3.63) is 0 Å². The van der Waals surface area contributed by atoms with E-state index in [2.05, 4.69) is 17.6 Å². The zero-order chi connectivity index (χ0) is 15.0. The summed E-state index contributed by atoms with van der Waals surface area (Å²) in [5.41, 5.74) is 0.0394. The fourth-order valence-electron chi connectivity index (χ4n) is 2.21. The predicted octanol–water partition coefficient (Wildman–Crippen LogP) is 1.75. The average Bonchev–Trinajstić information content (AvgIpc) is 2.42. The minimum absolute atomic E-state index is 0.0394. The van der Waals surface area contributed by atoms with Crippen molar-refractivity contribution in [2.45, 2.75) is 52.0 Å². The van der Waals surface area contributed by atoms with Crippen molar-refractivity contribution in [2.75, 3.05) is 19.8 Å². The van der Waals surface area contributed by atoms with Crippen LogP contribution in [0.5, 0.6) is 0 Å². The monoisotopic (exact) mass is 286 g/mol. The standard InChI is InChI=1S/C14H26N2O4/c1-3-4-5-11(12(17)18)16-13(19)15-10-14(2)6-8-20-9-7-14/h11H,3-10H2,1-2H3,(H,17,18)(H2,15,16,19)/t11-/m0/s1. The summed E-state index contributed by atoms with van der Waals surface area (Å²) in [4.78, 5) is 22.8. The van der Waals surface area contributed by atoms with Gasteiger partial charge in [-0.25, -0.2) is 9.59 Å². The van der Waals surface area contributed by atoms with Crippen LogP contribution in [0, 0.1) is 5.41 Å². The maximum absolute atomic E-state index is 11.8. The first-order valence-electron chi connectivity index (χ1n) is 7.32. The van der Waals surface area contributed by atoms with E-state index in [0.717, 1.165) is 25.7 Å². The van der Waals surface area contributed by atoms with Crippen LogP contribution in [0.2, 0.25) is 0 Å². The van der Waals surface area contributed by atoms with Crippen LogP contribution in [-0.2, 0) is 9.53 Å². The quantitative estimate of drug-likeness (QED) is 0.665. The second-order valence-electron chi connectivity index (χ2n) is 5.78. The molecule has 1 heterocycles. The van der Waals surface area contributed by atoms with Gasteiger partial charge >= 0.3 is 12.0 Å². The molecule has 1 atom stereocenters. The minimum atomic E-state index is -0.981. The zero-order valence-electron chi connectivity index (χ0n) is 12.4. The number of carboxylic acid groups (broad SMARTS) is 1. The van der Waals surface area contributed by atoms with E-state index in [1.165, 1.54) is 0 Å². The molecule has 0 radical (unpaired) electrons. The second kappa shape index (κ2) is 8.09. The predicted molar refractivity (Wildman–Crippen MR) is 75.6 cm³/mol. The number of unbranched alkanes of at least 4 members (excludes halogenated alkanes) is 1. The molecule has 20 heavy (non-hydrogen) atoms. The molecule has 0 aromatic rings. The van der Waals surface area contributed by atoms with E-state index in [-0.39, 0.29) is 5.41 Å². The van der Waals surface area contributed by atoms with E-state index >= 15 is 0 Å². The van der Waals surface area contributed by atoms with Gasteiger partial charge in [0, 0.05) is 19.8 Å². The van der Waals surface area contributed by atoms with E-state index in [4.69, 9.17) is 9.84 Å². The van der Waals surface area contributed by atoms with E-state index in [1.807, 2.05) is 6.92 Å². The molecule has 6 heteroatoms. The summed E-state index contributed by atoms with van der Waals surface area (Å²) in [6, 6.07) is -1.21. The van der Waals surface area contributed by atoms with E-state index in [1.54, 1.807) is 0 Å². The van der Waals surface area contributed by atoms with Crippen LogP contribution in [0.4, 0.5) is 4.79 Å². The highest BCUT2D eigenvalue weighted by atomic mass is 16.5. The fourth-order valence-corrected chi connectivity index (χ4v) is 2.21.